The molecular formula is C11H18FN3O. The molecule has 1 rings (SSSR count). The van der Waals surface area contributed by atoms with Gasteiger partial charge < -0.3 is 10.1 Å². The van der Waals surface area contributed by atoms with Gasteiger partial charge in [-0.3, -0.25) is 0 Å². The van der Waals surface area contributed by atoms with E-state index in [1.54, 1.807) is 7.11 Å². The highest BCUT2D eigenvalue weighted by atomic mass is 19.1. The summed E-state index contributed by atoms with van der Waals surface area (Å²) in [6.45, 7) is 3.29. The molecule has 1 aromatic rings. The molecule has 0 saturated carbocycles. The Morgan fingerprint density at radius 1 is 1.38 bits per heavy atom. The molecule has 0 aromatic carbocycles. The topological polar surface area (TPSA) is 47.0 Å². The van der Waals surface area contributed by atoms with Crippen LogP contribution >= 0.6 is 0 Å². The number of nitrogens with one attached hydrogen (secondary N) is 1. The molecule has 0 spiro atoms. The number of nitrogens with zero attached hydrogens (tertiary/aromatic N) is 2. The van der Waals surface area contributed by atoms with Crippen molar-refractivity contribution in [3.05, 3.63) is 17.8 Å². The molecule has 1 aromatic heterocycles. The second-order valence-corrected chi connectivity index (χ2v) is 3.46. The number of hydrogen-bond donors (Lipinski definition) is 1. The monoisotopic (exact) mass is 227 g/mol. The summed E-state index contributed by atoms with van der Waals surface area (Å²) >= 11 is 0. The zero-order chi connectivity index (χ0) is 11.8. The number of unbranched alkanes of at least 4 members (excludes halogenated alkanes) is 1. The van der Waals surface area contributed by atoms with Crippen molar-refractivity contribution in [2.24, 2.45) is 0 Å². The van der Waals surface area contributed by atoms with E-state index in [2.05, 4.69) is 15.3 Å². The first-order valence-corrected chi connectivity index (χ1v) is 5.51. The molecule has 0 atom stereocenters. The van der Waals surface area contributed by atoms with Crippen LogP contribution in [0.25, 0.3) is 0 Å². The van der Waals surface area contributed by atoms with E-state index in [9.17, 15) is 4.39 Å². The molecule has 0 amide bonds. The van der Waals surface area contributed by atoms with Crippen molar-refractivity contribution in [2.75, 3.05) is 25.6 Å². The summed E-state index contributed by atoms with van der Waals surface area (Å²) in [6.07, 6.45) is 3.85. The van der Waals surface area contributed by atoms with Crippen molar-refractivity contribution in [3.8, 4) is 0 Å². The minimum Gasteiger partial charge on any atom is -0.385 e. The normalized spacial score (nSPS) is 10.4. The molecule has 90 valence electrons. The van der Waals surface area contributed by atoms with E-state index in [0.717, 1.165) is 19.4 Å². The van der Waals surface area contributed by atoms with E-state index in [1.807, 2.05) is 6.92 Å². The van der Waals surface area contributed by atoms with E-state index in [1.165, 1.54) is 6.33 Å². The molecule has 0 fully saturated rings. The van der Waals surface area contributed by atoms with E-state index in [-0.39, 0.29) is 5.82 Å². The lowest BCUT2D eigenvalue weighted by Gasteiger charge is -2.07. The van der Waals surface area contributed by atoms with Gasteiger partial charge >= 0.3 is 0 Å². The van der Waals surface area contributed by atoms with Gasteiger partial charge in [0.05, 0.1) is 5.69 Å². The number of methoxy groups -OCH3 is 1. The van der Waals surface area contributed by atoms with Crippen molar-refractivity contribution in [3.63, 3.8) is 0 Å². The fourth-order valence-corrected chi connectivity index (χ4v) is 1.35. The van der Waals surface area contributed by atoms with Crippen LogP contribution in [-0.4, -0.2) is 30.2 Å². The largest absolute Gasteiger partial charge is 0.385 e. The summed E-state index contributed by atoms with van der Waals surface area (Å²) in [4.78, 5) is 7.75. The molecular weight excluding hydrogens is 209 g/mol. The third kappa shape index (κ3) is 3.73. The number of aromatic nitrogens is 2. The number of anilines is 1. The number of ether oxygens (including phenoxy) is 1. The van der Waals surface area contributed by atoms with Crippen LogP contribution in [0.2, 0.25) is 0 Å². The smallest absolute Gasteiger partial charge is 0.186 e. The molecule has 0 unspecified atom stereocenters. The van der Waals surface area contributed by atoms with Crippen molar-refractivity contribution >= 4 is 5.82 Å². The fraction of sp³-hybridized carbons (Fsp3) is 0.636. The molecule has 0 bridgehead atoms. The van der Waals surface area contributed by atoms with Crippen molar-refractivity contribution in [2.45, 2.75) is 26.2 Å². The number of aryl methyl sites for hydroxylation is 1. The van der Waals surface area contributed by atoms with Gasteiger partial charge in [0.2, 0.25) is 0 Å². The molecule has 5 heteroatoms. The maximum absolute atomic E-state index is 13.6. The maximum atomic E-state index is 13.6. The lowest BCUT2D eigenvalue weighted by molar-refractivity contribution is 0.193. The van der Waals surface area contributed by atoms with Crippen LogP contribution < -0.4 is 5.32 Å². The highest BCUT2D eigenvalue weighted by Gasteiger charge is 2.08. The van der Waals surface area contributed by atoms with Crippen molar-refractivity contribution < 1.29 is 9.13 Å². The lowest BCUT2D eigenvalue weighted by atomic mass is 10.3. The number of hydrogen-bond acceptors (Lipinski definition) is 4. The van der Waals surface area contributed by atoms with Gasteiger partial charge in [0.15, 0.2) is 11.6 Å². The van der Waals surface area contributed by atoms with Crippen LogP contribution in [-0.2, 0) is 11.2 Å². The summed E-state index contributed by atoms with van der Waals surface area (Å²) in [7, 11) is 1.67. The quantitative estimate of drug-likeness (QED) is 0.724. The van der Waals surface area contributed by atoms with Crippen LogP contribution in [0.4, 0.5) is 10.2 Å². The Morgan fingerprint density at radius 3 is 2.88 bits per heavy atom. The minimum atomic E-state index is -0.336. The second kappa shape index (κ2) is 7.11. The highest BCUT2D eigenvalue weighted by molar-refractivity contribution is 5.36. The second-order valence-electron chi connectivity index (χ2n) is 3.46. The van der Waals surface area contributed by atoms with E-state index in [0.29, 0.717) is 24.5 Å². The summed E-state index contributed by atoms with van der Waals surface area (Å²) in [6, 6.07) is 0. The van der Waals surface area contributed by atoms with Crippen LogP contribution in [0.1, 0.15) is 25.5 Å². The summed E-state index contributed by atoms with van der Waals surface area (Å²) < 4.78 is 18.6. The Balaban J connectivity index is 2.41. The molecule has 0 aliphatic carbocycles. The molecule has 1 N–H and O–H groups in total. The molecule has 0 saturated heterocycles. The van der Waals surface area contributed by atoms with E-state index >= 15 is 0 Å². The first kappa shape index (κ1) is 12.8. The number of rotatable bonds is 7. The van der Waals surface area contributed by atoms with Gasteiger partial charge in [-0.1, -0.05) is 6.92 Å². The first-order valence-electron chi connectivity index (χ1n) is 5.51. The zero-order valence-corrected chi connectivity index (χ0v) is 9.79. The fourth-order valence-electron chi connectivity index (χ4n) is 1.35. The van der Waals surface area contributed by atoms with Gasteiger partial charge in [-0.2, -0.15) is 0 Å². The zero-order valence-electron chi connectivity index (χ0n) is 9.79. The standard InChI is InChI=1S/C11H18FN3O/c1-3-9-10(12)11(15-8-14-9)13-6-4-5-7-16-2/h8H,3-7H2,1-2H3,(H,13,14,15). The SMILES string of the molecule is CCc1ncnc(NCCCCOC)c1F. The average Bonchev–Trinajstić information content (AvgIpc) is 2.31. The Labute approximate surface area is 95.3 Å². The molecule has 0 radical (unpaired) electrons. The summed E-state index contributed by atoms with van der Waals surface area (Å²) in [5.41, 5.74) is 0.453. The maximum Gasteiger partial charge on any atom is 0.186 e. The highest BCUT2D eigenvalue weighted by Crippen LogP contribution is 2.12. The first-order chi connectivity index (χ1) is 7.79. The lowest BCUT2D eigenvalue weighted by Crippen LogP contribution is -2.08. The van der Waals surface area contributed by atoms with Crippen LogP contribution in [0.15, 0.2) is 6.33 Å². The van der Waals surface area contributed by atoms with Gasteiger partial charge in [0, 0.05) is 20.3 Å². The average molecular weight is 227 g/mol. The van der Waals surface area contributed by atoms with E-state index < -0.39 is 0 Å². The van der Waals surface area contributed by atoms with Gasteiger partial charge in [-0.05, 0) is 19.3 Å². The van der Waals surface area contributed by atoms with E-state index in [4.69, 9.17) is 4.74 Å². The number of halogens is 1. The predicted molar refractivity (Wildman–Crippen MR) is 61.0 cm³/mol. The Hall–Kier alpha value is -1.23. The van der Waals surface area contributed by atoms with Gasteiger partial charge in [-0.15, -0.1) is 0 Å². The van der Waals surface area contributed by atoms with Gasteiger partial charge in [0.25, 0.3) is 0 Å². The van der Waals surface area contributed by atoms with Gasteiger partial charge in [0.1, 0.15) is 6.33 Å². The molecule has 4 nitrogen and oxygen atoms in total. The van der Waals surface area contributed by atoms with Crippen molar-refractivity contribution in [1.82, 2.24) is 9.97 Å². The molecule has 0 aliphatic rings. The Kier molecular flexibility index (Phi) is 5.71. The third-order valence-corrected chi connectivity index (χ3v) is 2.26. The molecule has 16 heavy (non-hydrogen) atoms. The van der Waals surface area contributed by atoms with Gasteiger partial charge in [-0.25, -0.2) is 14.4 Å². The summed E-state index contributed by atoms with van der Waals surface area (Å²) in [5.74, 6) is -0.0407. The molecule has 0 aliphatic heterocycles. The van der Waals surface area contributed by atoms with Crippen LogP contribution in [0.3, 0.4) is 0 Å². The Morgan fingerprint density at radius 2 is 2.19 bits per heavy atom. The summed E-state index contributed by atoms with van der Waals surface area (Å²) in [5, 5.41) is 2.96. The van der Waals surface area contributed by atoms with Crippen molar-refractivity contribution in [1.29, 1.82) is 0 Å². The van der Waals surface area contributed by atoms with Crippen LogP contribution in [0.5, 0.6) is 0 Å². The minimum absolute atomic E-state index is 0.296. The molecule has 1 heterocycles. The third-order valence-electron chi connectivity index (χ3n) is 2.26. The Bertz CT molecular complexity index is 320. The predicted octanol–water partition coefficient (Wildman–Crippen LogP) is 2.02. The van der Waals surface area contributed by atoms with Crippen LogP contribution in [0, 0.1) is 5.82 Å².